The van der Waals surface area contributed by atoms with E-state index in [0.717, 1.165) is 23.4 Å². The zero-order valence-electron chi connectivity index (χ0n) is 18.5. The summed E-state index contributed by atoms with van der Waals surface area (Å²) >= 11 is 3.44. The van der Waals surface area contributed by atoms with Crippen LogP contribution in [0.4, 0.5) is 5.69 Å². The number of alkyl halides is 1. The first-order valence-corrected chi connectivity index (χ1v) is 12.4. The fraction of sp³-hybridized carbons (Fsp3) is 0.680. The topological polar surface area (TPSA) is 58.2 Å². The van der Waals surface area contributed by atoms with Gasteiger partial charge in [0, 0.05) is 18.7 Å². The molecular formula is C25H35BrN2O2. The summed E-state index contributed by atoms with van der Waals surface area (Å²) in [5.41, 5.74) is 2.54. The van der Waals surface area contributed by atoms with Gasteiger partial charge in [0.05, 0.1) is 4.83 Å². The highest BCUT2D eigenvalue weighted by atomic mass is 79.9. The zero-order valence-corrected chi connectivity index (χ0v) is 20.1. The molecule has 0 aliphatic heterocycles. The summed E-state index contributed by atoms with van der Waals surface area (Å²) in [5, 5.41) is 5.82. The monoisotopic (exact) mass is 474 g/mol. The Morgan fingerprint density at radius 2 is 1.57 bits per heavy atom. The summed E-state index contributed by atoms with van der Waals surface area (Å²) in [6.07, 6.45) is 8.70. The van der Waals surface area contributed by atoms with Gasteiger partial charge in [0.2, 0.25) is 11.8 Å². The van der Waals surface area contributed by atoms with E-state index < -0.39 is 0 Å². The number of carbonyl (C=O) groups is 2. The molecule has 2 amide bonds. The van der Waals surface area contributed by atoms with Gasteiger partial charge in [-0.25, -0.2) is 0 Å². The van der Waals surface area contributed by atoms with Gasteiger partial charge in [-0.1, -0.05) is 48.8 Å². The normalized spacial score (nSPS) is 30.7. The molecule has 0 unspecified atom stereocenters. The third kappa shape index (κ3) is 4.61. The van der Waals surface area contributed by atoms with Crippen LogP contribution in [-0.2, 0) is 15.0 Å². The molecule has 4 nitrogen and oxygen atoms in total. The van der Waals surface area contributed by atoms with Crippen LogP contribution in [0.15, 0.2) is 24.3 Å². The van der Waals surface area contributed by atoms with Crippen molar-refractivity contribution in [3.63, 3.8) is 0 Å². The molecule has 0 spiro atoms. The second-order valence-corrected chi connectivity index (χ2v) is 12.0. The Bertz CT molecular complexity index is 761. The molecule has 0 heterocycles. The number of nitrogens with one attached hydrogen (secondary N) is 2. The minimum Gasteiger partial charge on any atom is -0.355 e. The van der Waals surface area contributed by atoms with Gasteiger partial charge in [0.25, 0.3) is 0 Å². The molecule has 4 aliphatic carbocycles. The van der Waals surface area contributed by atoms with Gasteiger partial charge < -0.3 is 10.6 Å². The van der Waals surface area contributed by atoms with Crippen LogP contribution in [0.2, 0.25) is 0 Å². The minimum atomic E-state index is -0.273. The Labute approximate surface area is 189 Å². The summed E-state index contributed by atoms with van der Waals surface area (Å²) in [6.45, 7) is 6.36. The summed E-state index contributed by atoms with van der Waals surface area (Å²) in [4.78, 5) is 24.2. The quantitative estimate of drug-likeness (QED) is 0.541. The summed E-state index contributed by atoms with van der Waals surface area (Å²) in [7, 11) is 0. The Morgan fingerprint density at radius 1 is 1.03 bits per heavy atom. The lowest BCUT2D eigenvalue weighted by Crippen LogP contribution is -2.48. The second kappa shape index (κ2) is 8.29. The molecule has 1 aromatic carbocycles. The van der Waals surface area contributed by atoms with Crippen LogP contribution in [0, 0.1) is 23.2 Å². The van der Waals surface area contributed by atoms with Crippen molar-refractivity contribution in [3.8, 4) is 0 Å². The van der Waals surface area contributed by atoms with Crippen molar-refractivity contribution in [1.82, 2.24) is 5.32 Å². The van der Waals surface area contributed by atoms with Crippen LogP contribution in [0.25, 0.3) is 0 Å². The lowest BCUT2D eigenvalue weighted by molar-refractivity contribution is -0.122. The SMILES string of the molecule is CC(C)(C)[C@@H](Br)C(=O)NCCC(=O)Nc1ccc(C23CC4CC(CC(C4)C2)C3)cc1. The summed E-state index contributed by atoms with van der Waals surface area (Å²) in [6, 6.07) is 8.59. The molecule has 164 valence electrons. The van der Waals surface area contributed by atoms with Gasteiger partial charge >= 0.3 is 0 Å². The maximum atomic E-state index is 12.3. The maximum absolute atomic E-state index is 12.3. The van der Waals surface area contributed by atoms with Crippen molar-refractivity contribution in [3.05, 3.63) is 29.8 Å². The second-order valence-electron chi connectivity index (χ2n) is 11.1. The number of halogens is 1. The summed E-state index contributed by atoms with van der Waals surface area (Å²) < 4.78 is 0. The Balaban J connectivity index is 1.28. The van der Waals surface area contributed by atoms with Crippen LogP contribution >= 0.6 is 15.9 Å². The largest absolute Gasteiger partial charge is 0.355 e. The van der Waals surface area contributed by atoms with Gasteiger partial charge in [-0.2, -0.15) is 0 Å². The van der Waals surface area contributed by atoms with E-state index in [1.54, 1.807) is 0 Å². The van der Waals surface area contributed by atoms with E-state index in [2.05, 4.69) is 50.8 Å². The first-order chi connectivity index (χ1) is 14.1. The molecule has 4 aliphatic rings. The molecule has 1 atom stereocenters. The number of amides is 2. The highest BCUT2D eigenvalue weighted by Gasteiger charge is 2.51. The molecule has 5 heteroatoms. The van der Waals surface area contributed by atoms with E-state index in [1.807, 2.05) is 20.8 Å². The molecule has 2 N–H and O–H groups in total. The van der Waals surface area contributed by atoms with Crippen LogP contribution in [-0.4, -0.2) is 23.2 Å². The summed E-state index contributed by atoms with van der Waals surface area (Å²) in [5.74, 6) is 2.66. The Kier molecular flexibility index (Phi) is 6.04. The third-order valence-corrected chi connectivity index (χ3v) is 9.25. The zero-order chi connectivity index (χ0) is 21.5. The predicted octanol–water partition coefficient (Wildman–Crippen LogP) is 5.41. The van der Waals surface area contributed by atoms with E-state index in [4.69, 9.17) is 0 Å². The van der Waals surface area contributed by atoms with Crippen molar-refractivity contribution in [2.45, 2.75) is 76.0 Å². The van der Waals surface area contributed by atoms with Crippen molar-refractivity contribution in [2.75, 3.05) is 11.9 Å². The number of carbonyl (C=O) groups excluding carboxylic acids is 2. The number of hydrogen-bond acceptors (Lipinski definition) is 2. The van der Waals surface area contributed by atoms with Gasteiger partial charge in [0.1, 0.15) is 0 Å². The molecule has 0 saturated heterocycles. The van der Waals surface area contributed by atoms with Crippen molar-refractivity contribution < 1.29 is 9.59 Å². The van der Waals surface area contributed by atoms with E-state index >= 15 is 0 Å². The lowest BCUT2D eigenvalue weighted by Gasteiger charge is -2.57. The first kappa shape index (κ1) is 21.9. The van der Waals surface area contributed by atoms with Gasteiger partial charge in [-0.3, -0.25) is 9.59 Å². The number of rotatable bonds is 6. The third-order valence-electron chi connectivity index (χ3n) is 7.46. The van der Waals surface area contributed by atoms with Crippen LogP contribution in [0.5, 0.6) is 0 Å². The van der Waals surface area contributed by atoms with Crippen LogP contribution in [0.3, 0.4) is 0 Å². The molecule has 0 aromatic heterocycles. The average Bonchev–Trinajstić information content (AvgIpc) is 2.66. The lowest BCUT2D eigenvalue weighted by atomic mass is 9.48. The van der Waals surface area contributed by atoms with E-state index in [-0.39, 0.29) is 28.5 Å². The smallest absolute Gasteiger partial charge is 0.234 e. The number of benzene rings is 1. The number of anilines is 1. The average molecular weight is 475 g/mol. The van der Waals surface area contributed by atoms with Gasteiger partial charge in [0.15, 0.2) is 0 Å². The van der Waals surface area contributed by atoms with E-state index in [9.17, 15) is 9.59 Å². The standard InChI is InChI=1S/C25H35BrN2O2/c1-24(2,3)22(26)23(30)27-9-8-21(29)28-20-6-4-19(5-7-20)25-13-16-10-17(14-25)12-18(11-16)15-25/h4-7,16-18,22H,8-15H2,1-3H3,(H,27,30)(H,28,29)/t16?,17?,18?,22-,25?/m0/s1. The highest BCUT2D eigenvalue weighted by Crippen LogP contribution is 2.60. The fourth-order valence-corrected chi connectivity index (χ4v) is 6.54. The van der Waals surface area contributed by atoms with Gasteiger partial charge in [-0.05, 0) is 84.8 Å². The molecule has 30 heavy (non-hydrogen) atoms. The van der Waals surface area contributed by atoms with Crippen LogP contribution < -0.4 is 10.6 Å². The Hall–Kier alpha value is -1.36. The molecule has 5 rings (SSSR count). The molecule has 0 radical (unpaired) electrons. The number of hydrogen-bond donors (Lipinski definition) is 2. The van der Waals surface area contributed by atoms with Crippen molar-refractivity contribution >= 4 is 33.4 Å². The molecule has 4 fully saturated rings. The molecular weight excluding hydrogens is 440 g/mol. The fourth-order valence-electron chi connectivity index (χ4n) is 6.38. The van der Waals surface area contributed by atoms with E-state index in [1.165, 1.54) is 44.1 Å². The first-order valence-electron chi connectivity index (χ1n) is 11.5. The minimum absolute atomic E-state index is 0.0697. The predicted molar refractivity (Wildman–Crippen MR) is 125 cm³/mol. The molecule has 1 aromatic rings. The molecule has 4 bridgehead atoms. The van der Waals surface area contributed by atoms with Crippen molar-refractivity contribution in [2.24, 2.45) is 23.2 Å². The van der Waals surface area contributed by atoms with Crippen molar-refractivity contribution in [1.29, 1.82) is 0 Å². The maximum Gasteiger partial charge on any atom is 0.234 e. The van der Waals surface area contributed by atoms with E-state index in [0.29, 0.717) is 12.0 Å². The Morgan fingerprint density at radius 3 is 2.07 bits per heavy atom. The molecule has 4 saturated carbocycles. The van der Waals surface area contributed by atoms with Crippen LogP contribution in [0.1, 0.15) is 71.3 Å². The highest BCUT2D eigenvalue weighted by molar-refractivity contribution is 9.10. The van der Waals surface area contributed by atoms with Gasteiger partial charge in [-0.15, -0.1) is 0 Å².